The first-order chi connectivity index (χ1) is 12.8. The van der Waals surface area contributed by atoms with Crippen LogP contribution in [0.25, 0.3) is 0 Å². The van der Waals surface area contributed by atoms with Gasteiger partial charge < -0.3 is 14.5 Å². The zero-order valence-corrected chi connectivity index (χ0v) is 16.5. The summed E-state index contributed by atoms with van der Waals surface area (Å²) in [4.78, 5) is 39.6. The minimum atomic E-state index is -0.475. The van der Waals surface area contributed by atoms with Gasteiger partial charge in [-0.25, -0.2) is 4.79 Å². The van der Waals surface area contributed by atoms with Gasteiger partial charge in [0, 0.05) is 17.1 Å². The molecule has 27 heavy (non-hydrogen) atoms. The number of H-pyrrole nitrogens is 1. The second-order valence-corrected chi connectivity index (χ2v) is 6.41. The third-order valence-corrected chi connectivity index (χ3v) is 4.35. The molecule has 0 aliphatic rings. The number of ketones is 2. The summed E-state index contributed by atoms with van der Waals surface area (Å²) in [5.41, 5.74) is 2.05. The average molecular weight is 392 g/mol. The molecule has 0 radical (unpaired) electrons. The predicted octanol–water partition coefficient (Wildman–Crippen LogP) is 4.32. The predicted molar refractivity (Wildman–Crippen MR) is 102 cm³/mol. The number of halogens is 1. The van der Waals surface area contributed by atoms with Gasteiger partial charge in [0.05, 0.1) is 23.4 Å². The van der Waals surface area contributed by atoms with E-state index in [-0.39, 0.29) is 30.5 Å². The Morgan fingerprint density at radius 3 is 2.44 bits per heavy atom. The van der Waals surface area contributed by atoms with Crippen LogP contribution in [-0.4, -0.2) is 35.7 Å². The summed E-state index contributed by atoms with van der Waals surface area (Å²) >= 11 is 5.95. The molecule has 1 aromatic heterocycles. The van der Waals surface area contributed by atoms with Gasteiger partial charge in [0.1, 0.15) is 5.75 Å². The molecule has 0 amide bonds. The second kappa shape index (κ2) is 8.86. The lowest BCUT2D eigenvalue weighted by Crippen LogP contribution is -2.15. The molecule has 0 spiro atoms. The number of Topliss-reactive ketones (excluding diaryl/α,β-unsaturated/α-hetero) is 2. The maximum absolute atomic E-state index is 12.6. The van der Waals surface area contributed by atoms with Crippen LogP contribution in [0, 0.1) is 13.8 Å². The molecule has 0 atom stereocenters. The number of hydrogen-bond acceptors (Lipinski definition) is 5. The SMILES string of the molecule is CCOC(=O)c1c(C)[nH]c(C(=O)COc2ccc(Cl)cc2C(=O)CC)c1C. The Bertz CT molecular complexity index is 885. The molecular weight excluding hydrogens is 370 g/mol. The number of aromatic nitrogens is 1. The highest BCUT2D eigenvalue weighted by Crippen LogP contribution is 2.25. The molecule has 0 saturated carbocycles. The Morgan fingerprint density at radius 1 is 1.11 bits per heavy atom. The molecule has 1 heterocycles. The van der Waals surface area contributed by atoms with Gasteiger partial charge in [-0.15, -0.1) is 0 Å². The topological polar surface area (TPSA) is 85.5 Å². The lowest BCUT2D eigenvalue weighted by atomic mass is 10.1. The van der Waals surface area contributed by atoms with Crippen molar-refractivity contribution in [2.75, 3.05) is 13.2 Å². The molecule has 1 N–H and O–H groups in total. The van der Waals surface area contributed by atoms with E-state index in [4.69, 9.17) is 21.1 Å². The fourth-order valence-electron chi connectivity index (χ4n) is 2.79. The van der Waals surface area contributed by atoms with Crippen LogP contribution in [0.2, 0.25) is 5.02 Å². The van der Waals surface area contributed by atoms with E-state index in [9.17, 15) is 14.4 Å². The number of aryl methyl sites for hydroxylation is 1. The van der Waals surface area contributed by atoms with Crippen LogP contribution in [0.5, 0.6) is 5.75 Å². The first kappa shape index (κ1) is 20.7. The van der Waals surface area contributed by atoms with Gasteiger partial charge in [-0.2, -0.15) is 0 Å². The van der Waals surface area contributed by atoms with Crippen molar-refractivity contribution in [3.05, 3.63) is 51.3 Å². The van der Waals surface area contributed by atoms with Crippen molar-refractivity contribution in [2.45, 2.75) is 34.1 Å². The smallest absolute Gasteiger partial charge is 0.340 e. The Balaban J connectivity index is 2.21. The van der Waals surface area contributed by atoms with Gasteiger partial charge in [-0.1, -0.05) is 18.5 Å². The number of ether oxygens (including phenoxy) is 2. The van der Waals surface area contributed by atoms with Crippen molar-refractivity contribution in [1.29, 1.82) is 0 Å². The molecule has 0 unspecified atom stereocenters. The molecule has 144 valence electrons. The van der Waals surface area contributed by atoms with Gasteiger partial charge >= 0.3 is 5.97 Å². The molecular formula is C20H22ClNO5. The van der Waals surface area contributed by atoms with E-state index in [2.05, 4.69) is 4.98 Å². The third kappa shape index (κ3) is 4.57. The van der Waals surface area contributed by atoms with Crippen molar-refractivity contribution in [2.24, 2.45) is 0 Å². The summed E-state index contributed by atoms with van der Waals surface area (Å²) in [5.74, 6) is -0.643. The first-order valence-corrected chi connectivity index (χ1v) is 9.02. The third-order valence-electron chi connectivity index (χ3n) is 4.12. The van der Waals surface area contributed by atoms with E-state index in [0.29, 0.717) is 39.6 Å². The number of carbonyl (C=O) groups is 3. The molecule has 0 saturated heterocycles. The molecule has 2 rings (SSSR count). The Hall–Kier alpha value is -2.60. The fourth-order valence-corrected chi connectivity index (χ4v) is 2.96. The van der Waals surface area contributed by atoms with E-state index >= 15 is 0 Å². The second-order valence-electron chi connectivity index (χ2n) is 5.97. The number of aromatic amines is 1. The number of hydrogen-bond donors (Lipinski definition) is 1. The Kier molecular flexibility index (Phi) is 6.80. The molecule has 0 bridgehead atoms. The van der Waals surface area contributed by atoms with Gasteiger partial charge in [-0.05, 0) is 44.5 Å². The molecule has 1 aromatic carbocycles. The molecule has 7 heteroatoms. The van der Waals surface area contributed by atoms with Crippen LogP contribution in [0.1, 0.15) is 62.7 Å². The fraction of sp³-hybridized carbons (Fsp3) is 0.350. The van der Waals surface area contributed by atoms with Crippen LogP contribution in [0.3, 0.4) is 0 Å². The molecule has 0 fully saturated rings. The highest BCUT2D eigenvalue weighted by atomic mass is 35.5. The molecule has 0 aliphatic carbocycles. The van der Waals surface area contributed by atoms with Crippen LogP contribution in [0.15, 0.2) is 18.2 Å². The Labute approximate surface area is 162 Å². The highest BCUT2D eigenvalue weighted by molar-refractivity contribution is 6.31. The number of nitrogens with one attached hydrogen (secondary N) is 1. The average Bonchev–Trinajstić information content (AvgIpc) is 2.94. The van der Waals surface area contributed by atoms with Crippen molar-refractivity contribution >= 4 is 29.1 Å². The van der Waals surface area contributed by atoms with Gasteiger partial charge in [0.25, 0.3) is 0 Å². The molecule has 2 aromatic rings. The van der Waals surface area contributed by atoms with E-state index in [1.54, 1.807) is 39.8 Å². The van der Waals surface area contributed by atoms with Crippen molar-refractivity contribution in [1.82, 2.24) is 4.98 Å². The lowest BCUT2D eigenvalue weighted by molar-refractivity contribution is 0.0525. The van der Waals surface area contributed by atoms with Gasteiger partial charge in [0.15, 0.2) is 12.4 Å². The quantitative estimate of drug-likeness (QED) is 0.535. The maximum Gasteiger partial charge on any atom is 0.340 e. The van der Waals surface area contributed by atoms with E-state index < -0.39 is 5.97 Å². The molecule has 0 aliphatic heterocycles. The summed E-state index contributed by atoms with van der Waals surface area (Å²) in [6.45, 7) is 6.80. The van der Waals surface area contributed by atoms with Gasteiger partial charge in [0.2, 0.25) is 5.78 Å². The number of benzene rings is 1. The van der Waals surface area contributed by atoms with Crippen molar-refractivity contribution < 1.29 is 23.9 Å². The summed E-state index contributed by atoms with van der Waals surface area (Å²) in [6, 6.07) is 4.68. The number of rotatable bonds is 8. The van der Waals surface area contributed by atoms with E-state index in [1.807, 2.05) is 0 Å². The monoisotopic (exact) mass is 391 g/mol. The Morgan fingerprint density at radius 2 is 1.81 bits per heavy atom. The minimum absolute atomic E-state index is 0.128. The largest absolute Gasteiger partial charge is 0.485 e. The number of esters is 1. The standard InChI is InChI=1S/C20H22ClNO5/c1-5-15(23)14-9-13(21)7-8-17(14)27-10-16(24)19-11(3)18(12(4)22-19)20(25)26-6-2/h7-9,22H,5-6,10H2,1-4H3. The van der Waals surface area contributed by atoms with Crippen molar-refractivity contribution in [3.63, 3.8) is 0 Å². The lowest BCUT2D eigenvalue weighted by Gasteiger charge is -2.10. The minimum Gasteiger partial charge on any atom is -0.485 e. The molecule has 6 nitrogen and oxygen atoms in total. The zero-order valence-electron chi connectivity index (χ0n) is 15.8. The van der Waals surface area contributed by atoms with Crippen LogP contribution < -0.4 is 4.74 Å². The zero-order chi connectivity index (χ0) is 20.1. The van der Waals surface area contributed by atoms with Gasteiger partial charge in [-0.3, -0.25) is 9.59 Å². The normalized spacial score (nSPS) is 10.6. The highest BCUT2D eigenvalue weighted by Gasteiger charge is 2.23. The summed E-state index contributed by atoms with van der Waals surface area (Å²) in [6.07, 6.45) is 0.294. The summed E-state index contributed by atoms with van der Waals surface area (Å²) < 4.78 is 10.6. The number of carbonyl (C=O) groups excluding carboxylic acids is 3. The first-order valence-electron chi connectivity index (χ1n) is 8.65. The summed E-state index contributed by atoms with van der Waals surface area (Å²) in [7, 11) is 0. The van der Waals surface area contributed by atoms with Crippen LogP contribution in [-0.2, 0) is 4.74 Å². The van der Waals surface area contributed by atoms with E-state index in [1.165, 1.54) is 6.07 Å². The van der Waals surface area contributed by atoms with E-state index in [0.717, 1.165) is 0 Å². The van der Waals surface area contributed by atoms with Crippen LogP contribution in [0.4, 0.5) is 0 Å². The van der Waals surface area contributed by atoms with Crippen LogP contribution >= 0.6 is 11.6 Å². The summed E-state index contributed by atoms with van der Waals surface area (Å²) in [5, 5.41) is 0.417. The maximum atomic E-state index is 12.6. The van der Waals surface area contributed by atoms with Crippen molar-refractivity contribution in [3.8, 4) is 5.75 Å².